The molecule has 3 aliphatic rings. The van der Waals surface area contributed by atoms with Crippen LogP contribution < -0.4 is 14.6 Å². The second-order valence-corrected chi connectivity index (χ2v) is 15.5. The van der Waals surface area contributed by atoms with Gasteiger partial charge in [0.1, 0.15) is 23.2 Å². The molecular formula is C44H53N2O14+. The number of aromatic nitrogens is 1. The maximum absolute atomic E-state index is 14.5. The Kier molecular flexibility index (Phi) is 13.3. The van der Waals surface area contributed by atoms with Gasteiger partial charge < -0.3 is 54.5 Å². The van der Waals surface area contributed by atoms with E-state index in [4.69, 9.17) is 23.7 Å². The molecule has 322 valence electrons. The van der Waals surface area contributed by atoms with E-state index in [-0.39, 0.29) is 39.1 Å². The number of phenolic OH excluding ortho intramolecular Hbond substituents is 3. The third kappa shape index (κ3) is 8.27. The zero-order chi connectivity index (χ0) is 44.5. The Morgan fingerprint density at radius 1 is 0.917 bits per heavy atom. The van der Waals surface area contributed by atoms with E-state index in [1.165, 1.54) is 83.2 Å². The van der Waals surface area contributed by atoms with Crippen LogP contribution in [-0.4, -0.2) is 93.6 Å². The van der Waals surface area contributed by atoms with Crippen molar-refractivity contribution >= 4 is 40.1 Å². The lowest BCUT2D eigenvalue weighted by Gasteiger charge is -2.38. The fourth-order valence-corrected chi connectivity index (χ4v) is 7.81. The van der Waals surface area contributed by atoms with Crippen LogP contribution in [0.4, 0.5) is 5.69 Å². The van der Waals surface area contributed by atoms with E-state index in [2.05, 4.69) is 5.32 Å². The zero-order valence-electron chi connectivity index (χ0n) is 35.2. The molecule has 0 fully saturated rings. The number of aliphatic hydroxyl groups is 2. The van der Waals surface area contributed by atoms with Crippen molar-refractivity contribution in [3.63, 3.8) is 0 Å². The Bertz CT molecular complexity index is 2300. The number of aromatic hydroxyl groups is 3. The maximum Gasteiger partial charge on any atom is 0.343 e. The van der Waals surface area contributed by atoms with E-state index < -0.39 is 106 Å². The van der Waals surface area contributed by atoms with Crippen LogP contribution in [0.2, 0.25) is 0 Å². The number of phenols is 3. The molecule has 9 atom stereocenters. The van der Waals surface area contributed by atoms with Gasteiger partial charge in [0.25, 0.3) is 17.4 Å². The van der Waals surface area contributed by atoms with Crippen molar-refractivity contribution in [3.05, 3.63) is 77.4 Å². The SMILES string of the molecule is COC(=O)c1ccc[n+](-c2c3c(O)c4c(O)c(C)c5c(c4c2O)C(=O)C(C)(O/C=C/C(OC)C(C)C(OC(C)=O)C(C)C(O)C(C)C(O)C(C)/C=C/C=C(/C)C(=O)N3)O5)c1. The number of ether oxygens (including phenoxy) is 5. The van der Waals surface area contributed by atoms with Gasteiger partial charge in [0.05, 0.1) is 48.0 Å². The van der Waals surface area contributed by atoms with Gasteiger partial charge in [0.15, 0.2) is 29.6 Å². The lowest BCUT2D eigenvalue weighted by atomic mass is 9.78. The van der Waals surface area contributed by atoms with Crippen LogP contribution in [0.5, 0.6) is 23.0 Å². The molecule has 0 aliphatic carbocycles. The minimum Gasteiger partial charge on any atom is -0.507 e. The molecule has 5 bridgehead atoms. The van der Waals surface area contributed by atoms with Crippen LogP contribution in [-0.2, 0) is 28.5 Å². The Hall–Kier alpha value is -5.97. The normalized spacial score (nSPS) is 29.5. The van der Waals surface area contributed by atoms with E-state index in [1.807, 2.05) is 0 Å². The van der Waals surface area contributed by atoms with Crippen molar-refractivity contribution in [2.24, 2.45) is 23.7 Å². The molecule has 3 aliphatic heterocycles. The predicted octanol–water partition coefficient (Wildman–Crippen LogP) is 4.82. The highest BCUT2D eigenvalue weighted by Crippen LogP contribution is 2.55. The summed E-state index contributed by atoms with van der Waals surface area (Å²) < 4.78 is 29.6. The number of carbonyl (C=O) groups excluding carboxylic acids is 4. The molecule has 1 amide bonds. The topological polar surface area (TPSA) is 231 Å². The highest BCUT2D eigenvalue weighted by atomic mass is 16.7. The molecule has 2 aromatic carbocycles. The molecule has 6 N–H and O–H groups in total. The fourth-order valence-electron chi connectivity index (χ4n) is 7.81. The Morgan fingerprint density at radius 2 is 1.60 bits per heavy atom. The molecular weight excluding hydrogens is 780 g/mol. The molecule has 16 nitrogen and oxygen atoms in total. The number of ketones is 1. The van der Waals surface area contributed by atoms with Gasteiger partial charge in [0, 0.05) is 61.8 Å². The van der Waals surface area contributed by atoms with E-state index in [0.717, 1.165) is 6.26 Å². The van der Waals surface area contributed by atoms with Crippen molar-refractivity contribution in [2.45, 2.75) is 85.6 Å². The van der Waals surface area contributed by atoms with Crippen LogP contribution in [0.3, 0.4) is 0 Å². The van der Waals surface area contributed by atoms with Gasteiger partial charge in [0.2, 0.25) is 0 Å². The number of anilines is 1. The number of carbonyl (C=O) groups is 4. The highest BCUT2D eigenvalue weighted by molar-refractivity contribution is 6.22. The van der Waals surface area contributed by atoms with Crippen molar-refractivity contribution in [1.82, 2.24) is 0 Å². The number of hydrogen-bond acceptors (Lipinski definition) is 14. The smallest absolute Gasteiger partial charge is 0.343 e. The third-order valence-electron chi connectivity index (χ3n) is 11.4. The summed E-state index contributed by atoms with van der Waals surface area (Å²) in [4.78, 5) is 53.2. The summed E-state index contributed by atoms with van der Waals surface area (Å²) in [5, 5.41) is 60.6. The quantitative estimate of drug-likeness (QED) is 0.0897. The number of aliphatic hydroxyl groups excluding tert-OH is 2. The Labute approximate surface area is 347 Å². The first kappa shape index (κ1) is 45.1. The van der Waals surface area contributed by atoms with Gasteiger partial charge >= 0.3 is 17.7 Å². The first-order valence-corrected chi connectivity index (χ1v) is 19.4. The molecule has 0 saturated heterocycles. The van der Waals surface area contributed by atoms with Crippen LogP contribution in [0.1, 0.15) is 74.7 Å². The molecule has 60 heavy (non-hydrogen) atoms. The number of allylic oxidation sites excluding steroid dienone is 2. The summed E-state index contributed by atoms with van der Waals surface area (Å²) in [6.45, 7) is 12.3. The number of esters is 2. The van der Waals surface area contributed by atoms with Gasteiger partial charge in [-0.25, -0.2) is 4.79 Å². The lowest BCUT2D eigenvalue weighted by Crippen LogP contribution is -2.46. The molecule has 6 rings (SSSR count). The number of rotatable bonds is 4. The largest absolute Gasteiger partial charge is 0.507 e. The van der Waals surface area contributed by atoms with Crippen molar-refractivity contribution in [1.29, 1.82) is 0 Å². The van der Waals surface area contributed by atoms with E-state index >= 15 is 0 Å². The molecule has 3 aromatic rings. The number of benzene rings is 2. The van der Waals surface area contributed by atoms with Gasteiger partial charge in [-0.3, -0.25) is 14.4 Å². The third-order valence-corrected chi connectivity index (χ3v) is 11.4. The first-order valence-electron chi connectivity index (χ1n) is 19.4. The second kappa shape index (κ2) is 17.7. The summed E-state index contributed by atoms with van der Waals surface area (Å²) >= 11 is 0. The standard InChI is InChI=1S/C44H52N2O14/c1-20-13-11-14-21(2)42(54)45-32-33(46-17-12-15-27(19-46)43(55)57-10)38(52)29-30(37(32)51)36(50)25(6)40-31(29)41(53)44(8,60-40)58-18-16-28(56-9)22(3)39(59-26(7)47)24(5)35(49)23(4)34(20)48/h11-20,22-24,28,34-35,39,48-49H,1-10H3,(H3-,45,50,51,52,53,54)/p+1/b13-11+,18-16+,21-14-. The van der Waals surface area contributed by atoms with Gasteiger partial charge in [-0.05, 0) is 26.0 Å². The number of Topliss-reactive ketones (excluding diaryl/α,β-unsaturated/α-hetero) is 1. The van der Waals surface area contributed by atoms with Crippen LogP contribution in [0.15, 0.2) is 60.7 Å². The van der Waals surface area contributed by atoms with Gasteiger partial charge in [-0.2, -0.15) is 4.57 Å². The Morgan fingerprint density at radius 3 is 2.23 bits per heavy atom. The highest BCUT2D eigenvalue weighted by Gasteiger charge is 2.50. The first-order chi connectivity index (χ1) is 28.2. The number of pyridine rings is 1. The number of nitrogens with one attached hydrogen (secondary N) is 1. The summed E-state index contributed by atoms with van der Waals surface area (Å²) in [6.07, 6.45) is 5.95. The molecule has 0 radical (unpaired) electrons. The number of methoxy groups -OCH3 is 2. The van der Waals surface area contributed by atoms with E-state index in [9.17, 15) is 44.7 Å². The summed E-state index contributed by atoms with van der Waals surface area (Å²) in [5.74, 6) is -9.80. The molecule has 16 heteroatoms. The van der Waals surface area contributed by atoms with Crippen LogP contribution in [0.25, 0.3) is 16.5 Å². The van der Waals surface area contributed by atoms with Gasteiger partial charge in [-0.1, -0.05) is 45.9 Å². The van der Waals surface area contributed by atoms with Crippen molar-refractivity contribution in [2.75, 3.05) is 19.5 Å². The molecule has 9 unspecified atom stereocenters. The average Bonchev–Trinajstić information content (AvgIpc) is 3.48. The van der Waals surface area contributed by atoms with Crippen LogP contribution >= 0.6 is 0 Å². The molecule has 0 spiro atoms. The Balaban J connectivity index is 1.77. The predicted molar refractivity (Wildman–Crippen MR) is 217 cm³/mol. The second-order valence-electron chi connectivity index (χ2n) is 15.5. The lowest BCUT2D eigenvalue weighted by molar-refractivity contribution is -0.595. The maximum atomic E-state index is 14.5. The number of fused-ring (bicyclic) bond motifs is 14. The van der Waals surface area contributed by atoms with Crippen molar-refractivity contribution in [3.8, 4) is 28.7 Å². The number of amides is 1. The average molecular weight is 834 g/mol. The molecule has 4 heterocycles. The van der Waals surface area contributed by atoms with Gasteiger partial charge in [-0.15, -0.1) is 0 Å². The molecule has 0 saturated carbocycles. The van der Waals surface area contributed by atoms with Crippen molar-refractivity contribution < 1.29 is 73.0 Å². The zero-order valence-corrected chi connectivity index (χ0v) is 35.2. The number of hydrogen-bond donors (Lipinski definition) is 6. The summed E-state index contributed by atoms with van der Waals surface area (Å²) in [5.41, 5.74) is -0.812. The monoisotopic (exact) mass is 833 g/mol. The van der Waals surface area contributed by atoms with Crippen LogP contribution in [0, 0.1) is 30.6 Å². The minimum atomic E-state index is -2.11. The minimum absolute atomic E-state index is 0.000322. The van der Waals surface area contributed by atoms with E-state index in [0.29, 0.717) is 0 Å². The summed E-state index contributed by atoms with van der Waals surface area (Å²) in [7, 11) is 2.59. The fraction of sp³-hybridized carbons (Fsp3) is 0.432. The summed E-state index contributed by atoms with van der Waals surface area (Å²) in [6, 6.07) is 2.89. The molecule has 1 aromatic heterocycles. The van der Waals surface area contributed by atoms with E-state index in [1.54, 1.807) is 39.8 Å². The number of nitrogens with zero attached hydrogens (tertiary/aromatic N) is 1.